The molecule has 1 heterocycles. The van der Waals surface area contributed by atoms with Crippen LogP contribution in [0.3, 0.4) is 0 Å². The van der Waals surface area contributed by atoms with Gasteiger partial charge in [-0.3, -0.25) is 9.55 Å². The highest BCUT2D eigenvalue weighted by Gasteiger charge is 2.13. The van der Waals surface area contributed by atoms with Crippen LogP contribution >= 0.6 is 0 Å². The summed E-state index contributed by atoms with van der Waals surface area (Å²) in [4.78, 5) is 14.0. The van der Waals surface area contributed by atoms with E-state index in [0.717, 1.165) is 12.8 Å². The van der Waals surface area contributed by atoms with Crippen molar-refractivity contribution in [1.29, 1.82) is 0 Å². The number of H-pyrrole nitrogens is 1. The molecule has 2 N–H and O–H groups in total. The molecule has 0 saturated carbocycles. The van der Waals surface area contributed by atoms with Crippen LogP contribution in [0.4, 0.5) is 0 Å². The van der Waals surface area contributed by atoms with Crippen LogP contribution in [-0.4, -0.2) is 21.3 Å². The van der Waals surface area contributed by atoms with Gasteiger partial charge in [0.15, 0.2) is 0 Å². The van der Waals surface area contributed by atoms with Gasteiger partial charge in [-0.2, -0.15) is 0 Å². The highest BCUT2D eigenvalue weighted by Crippen LogP contribution is 2.21. The molecule has 0 amide bonds. The number of ether oxygens (including phenoxy) is 1. The average Bonchev–Trinajstić information content (AvgIpc) is 2.67. The normalized spacial score (nSPS) is 10.6. The van der Waals surface area contributed by atoms with Crippen LogP contribution in [0.25, 0.3) is 0 Å². The van der Waals surface area contributed by atoms with Gasteiger partial charge < -0.3 is 9.84 Å². The summed E-state index contributed by atoms with van der Waals surface area (Å²) < 4.78 is 6.71. The molecule has 1 aromatic carbocycles. The zero-order chi connectivity index (χ0) is 13.7. The summed E-state index contributed by atoms with van der Waals surface area (Å²) >= 11 is 0. The summed E-state index contributed by atoms with van der Waals surface area (Å²) in [6.07, 6.45) is 1.69. The van der Waals surface area contributed by atoms with Crippen LogP contribution in [-0.2, 0) is 13.0 Å². The minimum atomic E-state index is -0.339. The Morgan fingerprint density at radius 3 is 2.74 bits per heavy atom. The topological polar surface area (TPSA) is 67.2 Å². The van der Waals surface area contributed by atoms with Crippen LogP contribution < -0.4 is 10.4 Å². The van der Waals surface area contributed by atoms with E-state index in [1.165, 1.54) is 10.1 Å². The summed E-state index contributed by atoms with van der Waals surface area (Å²) in [6.45, 7) is 2.73. The van der Waals surface area contributed by atoms with Crippen molar-refractivity contribution in [3.8, 4) is 11.8 Å². The highest BCUT2D eigenvalue weighted by atomic mass is 16.5. The van der Waals surface area contributed by atoms with E-state index in [0.29, 0.717) is 13.2 Å². The SMILES string of the molecule is CCOc1c(O)[nH]c(=O)n1CCCc1ccccc1. The first kappa shape index (κ1) is 13.3. The van der Waals surface area contributed by atoms with Crippen LogP contribution in [0.5, 0.6) is 11.8 Å². The molecule has 2 rings (SSSR count). The van der Waals surface area contributed by atoms with Crippen molar-refractivity contribution in [2.45, 2.75) is 26.3 Å². The number of aromatic nitrogens is 2. The van der Waals surface area contributed by atoms with E-state index in [1.54, 1.807) is 0 Å². The minimum Gasteiger partial charge on any atom is -0.491 e. The first-order chi connectivity index (χ1) is 9.22. The number of aromatic hydroxyl groups is 1. The maximum absolute atomic E-state index is 11.6. The Kier molecular flexibility index (Phi) is 4.28. The fourth-order valence-electron chi connectivity index (χ4n) is 2.01. The number of nitrogens with one attached hydrogen (secondary N) is 1. The Bertz CT molecular complexity index is 572. The van der Waals surface area contributed by atoms with E-state index >= 15 is 0 Å². The van der Waals surface area contributed by atoms with E-state index in [4.69, 9.17) is 4.74 Å². The lowest BCUT2D eigenvalue weighted by molar-refractivity contribution is 0.287. The maximum atomic E-state index is 11.6. The van der Waals surface area contributed by atoms with Gasteiger partial charge in [-0.05, 0) is 25.3 Å². The molecule has 0 spiro atoms. The third-order valence-corrected chi connectivity index (χ3v) is 2.89. The third-order valence-electron chi connectivity index (χ3n) is 2.89. The smallest absolute Gasteiger partial charge is 0.331 e. The van der Waals surface area contributed by atoms with Crippen molar-refractivity contribution < 1.29 is 9.84 Å². The average molecular weight is 262 g/mol. The highest BCUT2D eigenvalue weighted by molar-refractivity contribution is 5.25. The Morgan fingerprint density at radius 2 is 2.05 bits per heavy atom. The first-order valence-electron chi connectivity index (χ1n) is 6.41. The lowest BCUT2D eigenvalue weighted by atomic mass is 10.1. The Labute approximate surface area is 111 Å². The van der Waals surface area contributed by atoms with E-state index in [9.17, 15) is 9.90 Å². The molecule has 0 aliphatic carbocycles. The maximum Gasteiger partial charge on any atom is 0.331 e. The van der Waals surface area contributed by atoms with Crippen LogP contribution in [0.15, 0.2) is 35.1 Å². The standard InChI is InChI=1S/C14H18N2O3/c1-2-19-13-12(17)15-14(18)16(13)10-6-9-11-7-4-3-5-8-11/h3-5,7-8,17H,2,6,9-10H2,1H3,(H,15,18). The predicted octanol–water partition coefficient (Wildman–Crippen LogP) is 1.91. The van der Waals surface area contributed by atoms with Crippen LogP contribution in [0.1, 0.15) is 18.9 Å². The summed E-state index contributed by atoms with van der Waals surface area (Å²) in [6, 6.07) is 10.1. The van der Waals surface area contributed by atoms with Gasteiger partial charge in [0.2, 0.25) is 0 Å². The van der Waals surface area contributed by atoms with E-state index < -0.39 is 0 Å². The lowest BCUT2D eigenvalue weighted by Crippen LogP contribution is -2.18. The number of rotatable bonds is 6. The lowest BCUT2D eigenvalue weighted by Gasteiger charge is -2.07. The Morgan fingerprint density at radius 1 is 1.32 bits per heavy atom. The second-order valence-electron chi connectivity index (χ2n) is 4.26. The zero-order valence-corrected chi connectivity index (χ0v) is 10.9. The number of imidazole rings is 1. The Balaban J connectivity index is 2.01. The summed E-state index contributed by atoms with van der Waals surface area (Å²) in [7, 11) is 0. The van der Waals surface area contributed by atoms with Gasteiger partial charge in [-0.1, -0.05) is 30.3 Å². The van der Waals surface area contributed by atoms with Gasteiger partial charge in [0.25, 0.3) is 11.8 Å². The second kappa shape index (κ2) is 6.13. The van der Waals surface area contributed by atoms with Crippen molar-refractivity contribution in [2.75, 3.05) is 6.61 Å². The van der Waals surface area contributed by atoms with Gasteiger partial charge >= 0.3 is 5.69 Å². The molecular weight excluding hydrogens is 244 g/mol. The summed E-state index contributed by atoms with van der Waals surface area (Å²) in [5, 5.41) is 9.56. The molecule has 5 heteroatoms. The molecular formula is C14H18N2O3. The van der Waals surface area contributed by atoms with Crippen LogP contribution in [0.2, 0.25) is 0 Å². The number of aryl methyl sites for hydroxylation is 1. The first-order valence-corrected chi connectivity index (χ1v) is 6.41. The van der Waals surface area contributed by atoms with Crippen LogP contribution in [0, 0.1) is 0 Å². The predicted molar refractivity (Wildman–Crippen MR) is 72.6 cm³/mol. The van der Waals surface area contributed by atoms with Crippen molar-refractivity contribution in [1.82, 2.24) is 9.55 Å². The molecule has 102 valence electrons. The second-order valence-corrected chi connectivity index (χ2v) is 4.26. The molecule has 2 aromatic rings. The molecule has 0 atom stereocenters. The van der Waals surface area contributed by atoms with E-state index in [1.807, 2.05) is 25.1 Å². The van der Waals surface area contributed by atoms with Gasteiger partial charge in [0.05, 0.1) is 6.61 Å². The third kappa shape index (κ3) is 3.19. The molecule has 0 aliphatic heterocycles. The fourth-order valence-corrected chi connectivity index (χ4v) is 2.01. The number of benzene rings is 1. The van der Waals surface area contributed by atoms with Crippen molar-refractivity contribution in [3.63, 3.8) is 0 Å². The largest absolute Gasteiger partial charge is 0.491 e. The molecule has 19 heavy (non-hydrogen) atoms. The van der Waals surface area contributed by atoms with Crippen molar-refractivity contribution >= 4 is 0 Å². The molecule has 0 radical (unpaired) electrons. The number of hydrogen-bond acceptors (Lipinski definition) is 3. The molecule has 1 aromatic heterocycles. The molecule has 0 bridgehead atoms. The Hall–Kier alpha value is -2.17. The zero-order valence-electron chi connectivity index (χ0n) is 10.9. The minimum absolute atomic E-state index is 0.202. The monoisotopic (exact) mass is 262 g/mol. The fraction of sp³-hybridized carbons (Fsp3) is 0.357. The van der Waals surface area contributed by atoms with E-state index in [-0.39, 0.29) is 17.4 Å². The molecule has 0 unspecified atom stereocenters. The van der Waals surface area contributed by atoms with Gasteiger partial charge in [-0.25, -0.2) is 4.79 Å². The molecule has 0 aliphatic rings. The van der Waals surface area contributed by atoms with Crippen molar-refractivity contribution in [3.05, 3.63) is 46.4 Å². The quantitative estimate of drug-likeness (QED) is 0.835. The molecule has 0 saturated heterocycles. The molecule has 0 fully saturated rings. The van der Waals surface area contributed by atoms with E-state index in [2.05, 4.69) is 17.1 Å². The summed E-state index contributed by atoms with van der Waals surface area (Å²) in [5.41, 5.74) is 0.891. The number of nitrogens with zero attached hydrogens (tertiary/aromatic N) is 1. The number of aromatic amines is 1. The van der Waals surface area contributed by atoms with Gasteiger partial charge in [0.1, 0.15) is 0 Å². The number of hydrogen-bond donors (Lipinski definition) is 2. The molecule has 5 nitrogen and oxygen atoms in total. The van der Waals surface area contributed by atoms with Gasteiger partial charge in [0, 0.05) is 6.54 Å². The van der Waals surface area contributed by atoms with Gasteiger partial charge in [-0.15, -0.1) is 0 Å². The summed E-state index contributed by atoms with van der Waals surface area (Å²) in [5.74, 6) is 0.0205. The van der Waals surface area contributed by atoms with Crippen molar-refractivity contribution in [2.24, 2.45) is 0 Å².